The third kappa shape index (κ3) is 9.88. The smallest absolute Gasteiger partial charge is 0.293 e. The number of aromatic amines is 1. The van der Waals surface area contributed by atoms with Gasteiger partial charge >= 0.3 is 0 Å². The van der Waals surface area contributed by atoms with Gasteiger partial charge in [-0.1, -0.05) is 43.2 Å². The monoisotopic (exact) mass is 866 g/mol. The topological polar surface area (TPSA) is 168 Å². The Labute approximate surface area is 361 Å². The van der Waals surface area contributed by atoms with E-state index in [1.54, 1.807) is 18.2 Å². The number of H-pyrrole nitrogens is 1. The molecule has 61 heavy (non-hydrogen) atoms. The standard InChI is InChI=1S/C46H51ClN6O7S/c1-46(2)17-15-32(40(26-46)31-5-7-34(47)8-6-31)22-36-28-48-19-20-52(36)35-9-12-39(44(24-35)60-37-10-13-41-33(23-37)16-18-49-41)45(54)51-61(57,58)38-11-14-42(43(25-38)53(55)56)50-27-30-4-3-21-59-29-30/h5-14,16,18,23-25,30,36,48-50H,3-4,15,17,19-22,26-29H2,1-2H3,(H,51,54)/t30-,36?/m0/s1. The number of aromatic nitrogens is 1. The number of nitro groups is 1. The van der Waals surface area contributed by atoms with Crippen LogP contribution in [0.3, 0.4) is 0 Å². The van der Waals surface area contributed by atoms with Crippen molar-refractivity contribution in [1.29, 1.82) is 0 Å². The number of amides is 1. The summed E-state index contributed by atoms with van der Waals surface area (Å²) in [6, 6.07) is 24.4. The van der Waals surface area contributed by atoms with Gasteiger partial charge in [-0.05, 0) is 122 Å². The molecule has 3 aliphatic rings. The van der Waals surface area contributed by atoms with Gasteiger partial charge in [-0.25, -0.2) is 13.1 Å². The minimum absolute atomic E-state index is 0.0158. The number of hydrogen-bond donors (Lipinski definition) is 4. The summed E-state index contributed by atoms with van der Waals surface area (Å²) in [7, 11) is -4.56. The number of nitrogens with zero attached hydrogens (tertiary/aromatic N) is 2. The molecule has 8 rings (SSSR count). The molecule has 2 atom stereocenters. The number of anilines is 2. The van der Waals surface area contributed by atoms with Crippen LogP contribution in [0.5, 0.6) is 11.5 Å². The molecule has 320 valence electrons. The number of carbonyl (C=O) groups excluding carboxylic acids is 1. The van der Waals surface area contributed by atoms with Gasteiger partial charge in [-0.15, -0.1) is 0 Å². The highest BCUT2D eigenvalue weighted by atomic mass is 35.5. The Balaban J connectivity index is 1.09. The quantitative estimate of drug-likeness (QED) is 0.0661. The van der Waals surface area contributed by atoms with Crippen molar-refractivity contribution in [2.45, 2.75) is 63.3 Å². The minimum atomic E-state index is -4.56. The van der Waals surface area contributed by atoms with Gasteiger partial charge in [0, 0.05) is 78.8 Å². The molecule has 5 aromatic rings. The van der Waals surface area contributed by atoms with Crippen LogP contribution in [0.2, 0.25) is 5.02 Å². The highest BCUT2D eigenvalue weighted by molar-refractivity contribution is 7.90. The van der Waals surface area contributed by atoms with Crippen LogP contribution < -0.4 is 25.0 Å². The molecule has 2 saturated heterocycles. The second kappa shape index (κ2) is 17.9. The number of benzene rings is 4. The number of nitro benzene ring substituents is 1. The number of rotatable bonds is 13. The average Bonchev–Trinajstić information content (AvgIpc) is 3.72. The normalized spacial score (nSPS) is 19.4. The molecule has 15 heteroatoms. The molecule has 0 spiro atoms. The Morgan fingerprint density at radius 1 is 1.07 bits per heavy atom. The maximum absolute atomic E-state index is 14.1. The zero-order valence-electron chi connectivity index (χ0n) is 34.3. The van der Waals surface area contributed by atoms with E-state index in [1.807, 2.05) is 42.6 Å². The molecule has 1 unspecified atom stereocenters. The number of carbonyl (C=O) groups is 1. The molecule has 2 fully saturated rings. The van der Waals surface area contributed by atoms with Crippen LogP contribution in [0.25, 0.3) is 16.5 Å². The van der Waals surface area contributed by atoms with Crippen LogP contribution in [0, 0.1) is 21.4 Å². The van der Waals surface area contributed by atoms with E-state index < -0.39 is 31.4 Å². The largest absolute Gasteiger partial charge is 0.456 e. The molecule has 3 heterocycles. The predicted octanol–water partition coefficient (Wildman–Crippen LogP) is 9.31. The second-order valence-corrected chi connectivity index (χ2v) is 19.1. The van der Waals surface area contributed by atoms with Crippen molar-refractivity contribution in [3.8, 4) is 11.5 Å². The molecule has 1 aliphatic carbocycles. The molecule has 4 N–H and O–H groups in total. The Morgan fingerprint density at radius 2 is 1.90 bits per heavy atom. The lowest BCUT2D eigenvalue weighted by molar-refractivity contribution is -0.384. The molecule has 1 amide bonds. The zero-order chi connectivity index (χ0) is 42.7. The summed E-state index contributed by atoms with van der Waals surface area (Å²) < 4.78 is 41.7. The summed E-state index contributed by atoms with van der Waals surface area (Å²) in [5, 5.41) is 20.4. The van der Waals surface area contributed by atoms with E-state index in [-0.39, 0.29) is 34.4 Å². The van der Waals surface area contributed by atoms with Gasteiger partial charge in [0.25, 0.3) is 21.6 Å². The van der Waals surface area contributed by atoms with E-state index >= 15 is 0 Å². The summed E-state index contributed by atoms with van der Waals surface area (Å²) in [5.41, 5.74) is 5.62. The molecule has 0 radical (unpaired) electrons. The molecule has 13 nitrogen and oxygen atoms in total. The highest BCUT2D eigenvalue weighted by Crippen LogP contribution is 2.45. The maximum Gasteiger partial charge on any atom is 0.293 e. The van der Waals surface area contributed by atoms with Crippen LogP contribution in [0.15, 0.2) is 102 Å². The molecular weight excluding hydrogens is 816 g/mol. The number of allylic oxidation sites excluding steroid dienone is 1. The van der Waals surface area contributed by atoms with Crippen molar-refractivity contribution in [3.05, 3.63) is 123 Å². The van der Waals surface area contributed by atoms with Gasteiger partial charge in [0.15, 0.2) is 0 Å². The van der Waals surface area contributed by atoms with Gasteiger partial charge in [0.1, 0.15) is 17.2 Å². The van der Waals surface area contributed by atoms with Gasteiger partial charge in [-0.3, -0.25) is 14.9 Å². The number of halogens is 1. The van der Waals surface area contributed by atoms with Crippen molar-refractivity contribution in [3.63, 3.8) is 0 Å². The van der Waals surface area contributed by atoms with Crippen molar-refractivity contribution in [2.75, 3.05) is 49.6 Å². The molecule has 4 aromatic carbocycles. The SMILES string of the molecule is CC1(C)CCC(CC2CNCCN2c2ccc(C(=O)NS(=O)(=O)c3ccc(NC[C@@H]4CCCOC4)c([N+](=O)[O-])c3)c(Oc3ccc4[nH]ccc4c3)c2)=C(c2ccc(Cl)cc2)C1. The summed E-state index contributed by atoms with van der Waals surface area (Å²) in [4.78, 5) is 30.6. The lowest BCUT2D eigenvalue weighted by Gasteiger charge is -2.41. The fraction of sp³-hybridized carbons (Fsp3) is 0.370. The first-order valence-corrected chi connectivity index (χ1v) is 22.7. The second-order valence-electron chi connectivity index (χ2n) is 17.0. The number of sulfonamides is 1. The molecular formula is C46H51ClN6O7S. The van der Waals surface area contributed by atoms with Gasteiger partial charge in [0.05, 0.1) is 22.0 Å². The fourth-order valence-corrected chi connectivity index (χ4v) is 9.82. The van der Waals surface area contributed by atoms with Crippen LogP contribution in [0.4, 0.5) is 17.1 Å². The van der Waals surface area contributed by atoms with Crippen LogP contribution >= 0.6 is 11.6 Å². The molecule has 1 aromatic heterocycles. The van der Waals surface area contributed by atoms with Crippen molar-refractivity contribution >= 4 is 61.1 Å². The number of nitrogens with one attached hydrogen (secondary N) is 4. The van der Waals surface area contributed by atoms with Crippen molar-refractivity contribution < 1.29 is 27.6 Å². The number of hydrogen-bond acceptors (Lipinski definition) is 10. The minimum Gasteiger partial charge on any atom is -0.456 e. The Kier molecular flexibility index (Phi) is 12.4. The van der Waals surface area contributed by atoms with Crippen LogP contribution in [-0.4, -0.2) is 69.7 Å². The third-order valence-electron chi connectivity index (χ3n) is 12.0. The lowest BCUT2D eigenvalue weighted by Crippen LogP contribution is -2.51. The van der Waals surface area contributed by atoms with Crippen LogP contribution in [0.1, 0.15) is 68.3 Å². The third-order valence-corrected chi connectivity index (χ3v) is 13.6. The van der Waals surface area contributed by atoms with Gasteiger partial charge < -0.3 is 30.0 Å². The number of piperazine rings is 1. The summed E-state index contributed by atoms with van der Waals surface area (Å²) >= 11 is 6.29. The fourth-order valence-electron chi connectivity index (χ4n) is 8.70. The van der Waals surface area contributed by atoms with E-state index in [9.17, 15) is 23.3 Å². The lowest BCUT2D eigenvalue weighted by atomic mass is 9.71. The summed E-state index contributed by atoms with van der Waals surface area (Å²) in [5.74, 6) is -0.142. The first-order valence-electron chi connectivity index (χ1n) is 20.8. The first-order chi connectivity index (χ1) is 29.3. The summed E-state index contributed by atoms with van der Waals surface area (Å²) in [6.07, 6.45) is 7.51. The average molecular weight is 867 g/mol. The molecule has 0 bridgehead atoms. The molecule has 0 saturated carbocycles. The summed E-state index contributed by atoms with van der Waals surface area (Å²) in [6.45, 7) is 8.52. The Bertz CT molecular complexity index is 2570. The number of ether oxygens (including phenoxy) is 2. The Hall–Kier alpha value is -5.41. The predicted molar refractivity (Wildman–Crippen MR) is 239 cm³/mol. The van der Waals surface area contributed by atoms with Gasteiger partial charge in [-0.2, -0.15) is 0 Å². The van der Waals surface area contributed by atoms with Crippen molar-refractivity contribution in [1.82, 2.24) is 15.0 Å². The van der Waals surface area contributed by atoms with Gasteiger partial charge in [0.2, 0.25) is 0 Å². The van der Waals surface area contributed by atoms with Crippen LogP contribution in [-0.2, 0) is 14.8 Å². The van der Waals surface area contributed by atoms with E-state index in [1.165, 1.54) is 28.8 Å². The van der Waals surface area contributed by atoms with E-state index in [4.69, 9.17) is 21.1 Å². The van der Waals surface area contributed by atoms with E-state index in [0.717, 1.165) is 74.3 Å². The Morgan fingerprint density at radius 3 is 2.69 bits per heavy atom. The number of fused-ring (bicyclic) bond motifs is 1. The highest BCUT2D eigenvalue weighted by Gasteiger charge is 2.32. The maximum atomic E-state index is 14.1. The van der Waals surface area contributed by atoms with Crippen molar-refractivity contribution in [2.24, 2.45) is 11.3 Å². The van der Waals surface area contributed by atoms with E-state index in [0.29, 0.717) is 37.1 Å². The van der Waals surface area contributed by atoms with E-state index in [2.05, 4.69) is 51.2 Å². The molecule has 2 aliphatic heterocycles. The first kappa shape index (κ1) is 42.3. The zero-order valence-corrected chi connectivity index (χ0v) is 35.9.